The molecule has 0 aliphatic carbocycles. The highest BCUT2D eigenvalue weighted by Gasteiger charge is 2.55. The van der Waals surface area contributed by atoms with Gasteiger partial charge in [-0.3, -0.25) is 0 Å². The van der Waals surface area contributed by atoms with Crippen LogP contribution in [0.15, 0.2) is 91.0 Å². The standard InChI is InChI=1S/C28H31NO4Si/c1-27(2,3)34(23-15-9-5-10-16-23,24-17-11-6-12-18-24)21-28(20-33-26(31)29-28)19-32-25(30)22-13-7-4-8-14-22/h4-18H,19-21H2,1-3H3,(H,29,31)/t28-/m1/s1. The quantitative estimate of drug-likeness (QED) is 0.408. The van der Waals surface area contributed by atoms with Crippen LogP contribution in [0.3, 0.4) is 0 Å². The summed E-state index contributed by atoms with van der Waals surface area (Å²) in [6.07, 6.45) is -0.478. The first-order valence-corrected chi connectivity index (χ1v) is 13.7. The maximum absolute atomic E-state index is 12.8. The fraction of sp³-hybridized carbons (Fsp3) is 0.286. The third kappa shape index (κ3) is 4.64. The second kappa shape index (κ2) is 9.47. The van der Waals surface area contributed by atoms with Crippen LogP contribution in [-0.2, 0) is 9.47 Å². The molecule has 34 heavy (non-hydrogen) atoms. The number of hydrogen-bond acceptors (Lipinski definition) is 4. The largest absolute Gasteiger partial charge is 0.459 e. The first-order chi connectivity index (χ1) is 16.3. The highest BCUT2D eigenvalue weighted by Crippen LogP contribution is 2.42. The van der Waals surface area contributed by atoms with E-state index in [1.54, 1.807) is 24.3 Å². The minimum absolute atomic E-state index is 0.0387. The second-order valence-electron chi connectivity index (χ2n) is 9.99. The van der Waals surface area contributed by atoms with Gasteiger partial charge in [0.25, 0.3) is 0 Å². The number of carbonyl (C=O) groups excluding carboxylic acids is 2. The fourth-order valence-corrected chi connectivity index (χ4v) is 10.9. The molecule has 1 aliphatic heterocycles. The molecule has 1 saturated heterocycles. The van der Waals surface area contributed by atoms with Crippen molar-refractivity contribution < 1.29 is 19.1 Å². The Hall–Kier alpha value is -3.38. The van der Waals surface area contributed by atoms with Crippen LogP contribution in [0.2, 0.25) is 11.1 Å². The van der Waals surface area contributed by atoms with Crippen LogP contribution in [-0.4, -0.2) is 38.9 Å². The Balaban J connectivity index is 1.77. The minimum atomic E-state index is -2.55. The summed E-state index contributed by atoms with van der Waals surface area (Å²) in [5.74, 6) is -0.413. The number of benzene rings is 3. The molecule has 0 bridgehead atoms. The average molecular weight is 474 g/mol. The van der Waals surface area contributed by atoms with Gasteiger partial charge >= 0.3 is 12.1 Å². The molecular weight excluding hydrogens is 442 g/mol. The molecule has 176 valence electrons. The van der Waals surface area contributed by atoms with Crippen molar-refractivity contribution in [1.29, 1.82) is 0 Å². The third-order valence-electron chi connectivity index (χ3n) is 6.75. The maximum Gasteiger partial charge on any atom is 0.407 e. The molecule has 6 heteroatoms. The summed E-state index contributed by atoms with van der Waals surface area (Å²) in [6.45, 7) is 6.98. The molecule has 0 unspecified atom stereocenters. The second-order valence-corrected chi connectivity index (χ2v) is 14.8. The summed E-state index contributed by atoms with van der Waals surface area (Å²) >= 11 is 0. The van der Waals surface area contributed by atoms with Crippen LogP contribution in [0.1, 0.15) is 31.1 Å². The van der Waals surface area contributed by atoms with Crippen molar-refractivity contribution in [3.05, 3.63) is 96.6 Å². The molecular formula is C28H31NO4Si. The van der Waals surface area contributed by atoms with E-state index in [0.29, 0.717) is 11.6 Å². The number of ether oxygens (including phenoxy) is 2. The van der Waals surface area contributed by atoms with E-state index in [1.807, 2.05) is 18.2 Å². The van der Waals surface area contributed by atoms with Crippen molar-refractivity contribution in [2.45, 2.75) is 37.4 Å². The summed E-state index contributed by atoms with van der Waals surface area (Å²) in [4.78, 5) is 25.1. The summed E-state index contributed by atoms with van der Waals surface area (Å²) in [6, 6.07) is 30.6. The Bertz CT molecular complexity index is 1090. The van der Waals surface area contributed by atoms with Crippen LogP contribution >= 0.6 is 0 Å². The van der Waals surface area contributed by atoms with E-state index in [4.69, 9.17) is 9.47 Å². The number of cyclic esters (lactones) is 1. The molecule has 1 heterocycles. The van der Waals surface area contributed by atoms with E-state index < -0.39 is 25.7 Å². The van der Waals surface area contributed by atoms with Crippen LogP contribution in [0.5, 0.6) is 0 Å². The lowest BCUT2D eigenvalue weighted by molar-refractivity contribution is 0.0389. The SMILES string of the molecule is CC(C)(C)[Si](C[C@@]1(COC(=O)c2ccccc2)COC(=O)N1)(c1ccccc1)c1ccccc1. The van der Waals surface area contributed by atoms with Crippen molar-refractivity contribution in [1.82, 2.24) is 5.32 Å². The van der Waals surface area contributed by atoms with Crippen molar-refractivity contribution in [3.8, 4) is 0 Å². The van der Waals surface area contributed by atoms with E-state index in [1.165, 1.54) is 10.4 Å². The Morgan fingerprint density at radius 3 is 1.85 bits per heavy atom. The van der Waals surface area contributed by atoms with E-state index in [2.05, 4.69) is 74.6 Å². The van der Waals surface area contributed by atoms with Gasteiger partial charge in [-0.2, -0.15) is 0 Å². The predicted molar refractivity (Wildman–Crippen MR) is 136 cm³/mol. The molecule has 3 aromatic rings. The molecule has 0 aromatic heterocycles. The number of carbonyl (C=O) groups is 2. The number of esters is 1. The van der Waals surface area contributed by atoms with Gasteiger partial charge in [0.2, 0.25) is 0 Å². The zero-order valence-corrected chi connectivity index (χ0v) is 20.9. The van der Waals surface area contributed by atoms with Gasteiger partial charge in [0.15, 0.2) is 0 Å². The lowest BCUT2D eigenvalue weighted by atomic mass is 10.1. The molecule has 5 nitrogen and oxygen atoms in total. The molecule has 1 fully saturated rings. The Labute approximate surface area is 202 Å². The van der Waals surface area contributed by atoms with Crippen molar-refractivity contribution in [2.75, 3.05) is 13.2 Å². The summed E-state index contributed by atoms with van der Waals surface area (Å²) in [5, 5.41) is 5.46. The molecule has 0 spiro atoms. The van der Waals surface area contributed by atoms with Gasteiger partial charge in [0, 0.05) is 0 Å². The molecule has 4 rings (SSSR count). The van der Waals surface area contributed by atoms with E-state index in [0.717, 1.165) is 0 Å². The molecule has 0 saturated carbocycles. The van der Waals surface area contributed by atoms with Crippen LogP contribution in [0.25, 0.3) is 0 Å². The van der Waals surface area contributed by atoms with Gasteiger partial charge in [-0.1, -0.05) is 110 Å². The predicted octanol–water partition coefficient (Wildman–Crippen LogP) is 4.39. The topological polar surface area (TPSA) is 64.6 Å². The van der Waals surface area contributed by atoms with Crippen LogP contribution < -0.4 is 15.7 Å². The number of rotatable bonds is 7. The fourth-order valence-electron chi connectivity index (χ4n) is 5.03. The van der Waals surface area contributed by atoms with Gasteiger partial charge in [0.1, 0.15) is 26.8 Å². The third-order valence-corrected chi connectivity index (χ3v) is 13.2. The summed E-state index contributed by atoms with van der Waals surface area (Å²) < 4.78 is 11.2. The summed E-state index contributed by atoms with van der Waals surface area (Å²) in [7, 11) is -2.55. The monoisotopic (exact) mass is 473 g/mol. The average Bonchev–Trinajstić information content (AvgIpc) is 3.22. The molecule has 1 amide bonds. The molecule has 1 atom stereocenters. The van der Waals surface area contributed by atoms with Gasteiger partial charge in [-0.15, -0.1) is 0 Å². The van der Waals surface area contributed by atoms with E-state index >= 15 is 0 Å². The Morgan fingerprint density at radius 2 is 1.41 bits per heavy atom. The normalized spacial score (nSPS) is 18.1. The smallest absolute Gasteiger partial charge is 0.407 e. The lowest BCUT2D eigenvalue weighted by Gasteiger charge is -2.48. The van der Waals surface area contributed by atoms with E-state index in [-0.39, 0.29) is 18.3 Å². The maximum atomic E-state index is 12.8. The van der Waals surface area contributed by atoms with E-state index in [9.17, 15) is 9.59 Å². The van der Waals surface area contributed by atoms with Gasteiger partial charge in [-0.25, -0.2) is 9.59 Å². The van der Waals surface area contributed by atoms with Crippen molar-refractivity contribution >= 4 is 30.5 Å². The highest BCUT2D eigenvalue weighted by atomic mass is 28.3. The highest BCUT2D eigenvalue weighted by molar-refractivity contribution is 7.04. The van der Waals surface area contributed by atoms with Crippen molar-refractivity contribution in [3.63, 3.8) is 0 Å². The van der Waals surface area contributed by atoms with Crippen LogP contribution in [0.4, 0.5) is 4.79 Å². The van der Waals surface area contributed by atoms with Gasteiger partial charge in [0.05, 0.1) is 5.56 Å². The number of alkyl carbamates (subject to hydrolysis) is 1. The zero-order valence-electron chi connectivity index (χ0n) is 19.9. The molecule has 1 aliphatic rings. The number of nitrogens with one attached hydrogen (secondary N) is 1. The Morgan fingerprint density at radius 1 is 0.912 bits per heavy atom. The minimum Gasteiger partial charge on any atom is -0.459 e. The van der Waals surface area contributed by atoms with Gasteiger partial charge in [-0.05, 0) is 23.2 Å². The zero-order chi connectivity index (χ0) is 24.2. The molecule has 3 aromatic carbocycles. The molecule has 1 N–H and O–H groups in total. The van der Waals surface area contributed by atoms with Gasteiger partial charge < -0.3 is 14.8 Å². The number of hydrogen-bond donors (Lipinski definition) is 1. The first-order valence-electron chi connectivity index (χ1n) is 11.5. The van der Waals surface area contributed by atoms with Crippen LogP contribution in [0, 0.1) is 0 Å². The number of amides is 1. The molecule has 0 radical (unpaired) electrons. The Kier molecular flexibility index (Phi) is 6.62. The summed E-state index contributed by atoms with van der Waals surface area (Å²) in [5.41, 5.74) is -0.347. The first kappa shape index (κ1) is 23.8. The lowest BCUT2D eigenvalue weighted by Crippen LogP contribution is -2.69. The van der Waals surface area contributed by atoms with Crippen molar-refractivity contribution in [2.24, 2.45) is 0 Å².